The Bertz CT molecular complexity index is 527. The number of benzene rings is 1. The van der Waals surface area contributed by atoms with Crippen LogP contribution in [0.15, 0.2) is 29.2 Å². The minimum Gasteiger partial charge on any atom is -0.315 e. The maximum absolute atomic E-state index is 12.7. The summed E-state index contributed by atoms with van der Waals surface area (Å²) in [6, 6.07) is 6.49. The standard InChI is InChI=1S/C13H19ClN2O2S/c1-2-16(12-6-4-8-15-10-12)19(17,18)13-7-3-5-11(14)9-13/h3,5,7,9,12,15H,2,4,6,8,10H2,1H3. The van der Waals surface area contributed by atoms with Gasteiger partial charge in [-0.25, -0.2) is 8.42 Å². The van der Waals surface area contributed by atoms with Crippen LogP contribution >= 0.6 is 11.6 Å². The molecule has 6 heteroatoms. The summed E-state index contributed by atoms with van der Waals surface area (Å²) in [4.78, 5) is 0.271. The Balaban J connectivity index is 2.30. The van der Waals surface area contributed by atoms with Crippen molar-refractivity contribution in [3.63, 3.8) is 0 Å². The van der Waals surface area contributed by atoms with Crippen LogP contribution in [0.3, 0.4) is 0 Å². The molecule has 0 aliphatic carbocycles. The van der Waals surface area contributed by atoms with Crippen LogP contribution in [0.4, 0.5) is 0 Å². The highest BCUT2D eigenvalue weighted by molar-refractivity contribution is 7.89. The van der Waals surface area contributed by atoms with Crippen LogP contribution in [-0.4, -0.2) is 38.4 Å². The summed E-state index contributed by atoms with van der Waals surface area (Å²) in [6.07, 6.45) is 1.91. The van der Waals surface area contributed by atoms with Crippen LogP contribution in [0.25, 0.3) is 0 Å². The molecule has 1 saturated heterocycles. The summed E-state index contributed by atoms with van der Waals surface area (Å²) in [5, 5.41) is 3.70. The SMILES string of the molecule is CCN(C1CCCNC1)S(=O)(=O)c1cccc(Cl)c1. The third-order valence-electron chi connectivity index (χ3n) is 3.39. The fourth-order valence-corrected chi connectivity index (χ4v) is 4.43. The van der Waals surface area contributed by atoms with Gasteiger partial charge in [0, 0.05) is 24.2 Å². The molecule has 4 nitrogen and oxygen atoms in total. The lowest BCUT2D eigenvalue weighted by Gasteiger charge is -2.33. The van der Waals surface area contributed by atoms with Gasteiger partial charge in [0.25, 0.3) is 0 Å². The monoisotopic (exact) mass is 302 g/mol. The first-order chi connectivity index (χ1) is 9.05. The highest BCUT2D eigenvalue weighted by Crippen LogP contribution is 2.23. The molecule has 1 unspecified atom stereocenters. The highest BCUT2D eigenvalue weighted by Gasteiger charge is 2.31. The quantitative estimate of drug-likeness (QED) is 0.926. The highest BCUT2D eigenvalue weighted by atomic mass is 35.5. The van der Waals surface area contributed by atoms with Crippen molar-refractivity contribution in [2.45, 2.75) is 30.7 Å². The van der Waals surface area contributed by atoms with Gasteiger partial charge in [-0.2, -0.15) is 4.31 Å². The van der Waals surface area contributed by atoms with Crippen molar-refractivity contribution < 1.29 is 8.42 Å². The number of likely N-dealkylation sites (N-methyl/N-ethyl adjacent to an activating group) is 1. The van der Waals surface area contributed by atoms with Gasteiger partial charge in [0.15, 0.2) is 0 Å². The molecule has 1 aliphatic heterocycles. The van der Waals surface area contributed by atoms with Crippen LogP contribution in [0.2, 0.25) is 5.02 Å². The Hall–Kier alpha value is -0.620. The molecule has 0 spiro atoms. The molecule has 0 saturated carbocycles. The lowest BCUT2D eigenvalue weighted by molar-refractivity contribution is 0.274. The number of hydrogen-bond acceptors (Lipinski definition) is 3. The number of hydrogen-bond donors (Lipinski definition) is 1. The van der Waals surface area contributed by atoms with E-state index in [0.717, 1.165) is 19.4 Å². The van der Waals surface area contributed by atoms with Crippen LogP contribution < -0.4 is 5.32 Å². The van der Waals surface area contributed by atoms with Crippen LogP contribution in [0.1, 0.15) is 19.8 Å². The molecule has 106 valence electrons. The molecule has 1 aliphatic rings. The number of halogens is 1. The van der Waals surface area contributed by atoms with E-state index in [1.807, 2.05) is 6.92 Å². The van der Waals surface area contributed by atoms with Crippen molar-refractivity contribution >= 4 is 21.6 Å². The summed E-state index contributed by atoms with van der Waals surface area (Å²) in [5.41, 5.74) is 0. The zero-order valence-electron chi connectivity index (χ0n) is 11.0. The predicted octanol–water partition coefficient (Wildman–Crippen LogP) is 2.10. The fourth-order valence-electron chi connectivity index (χ4n) is 2.47. The first-order valence-corrected chi connectivity index (χ1v) is 8.35. The summed E-state index contributed by atoms with van der Waals surface area (Å²) in [7, 11) is -3.46. The van der Waals surface area contributed by atoms with E-state index in [2.05, 4.69) is 5.32 Å². The van der Waals surface area contributed by atoms with E-state index in [0.29, 0.717) is 18.1 Å². The second-order valence-electron chi connectivity index (χ2n) is 4.67. The summed E-state index contributed by atoms with van der Waals surface area (Å²) >= 11 is 5.89. The van der Waals surface area contributed by atoms with Crippen molar-refractivity contribution in [1.29, 1.82) is 0 Å². The number of nitrogens with one attached hydrogen (secondary N) is 1. The van der Waals surface area contributed by atoms with E-state index in [-0.39, 0.29) is 10.9 Å². The molecule has 0 amide bonds. The molecule has 1 N–H and O–H groups in total. The van der Waals surface area contributed by atoms with Crippen molar-refractivity contribution in [2.24, 2.45) is 0 Å². The summed E-state index contributed by atoms with van der Waals surface area (Å²) in [6.45, 7) is 4.02. The number of sulfonamides is 1. The molecule has 1 fully saturated rings. The Kier molecular flexibility index (Phi) is 4.84. The molecular formula is C13H19ClN2O2S. The molecule has 19 heavy (non-hydrogen) atoms. The summed E-state index contributed by atoms with van der Waals surface area (Å²) in [5.74, 6) is 0. The first-order valence-electron chi connectivity index (χ1n) is 6.54. The van der Waals surface area contributed by atoms with Crippen molar-refractivity contribution in [3.05, 3.63) is 29.3 Å². The molecular weight excluding hydrogens is 284 g/mol. The predicted molar refractivity (Wildman–Crippen MR) is 76.9 cm³/mol. The van der Waals surface area contributed by atoms with E-state index in [1.165, 1.54) is 6.07 Å². The van der Waals surface area contributed by atoms with Gasteiger partial charge in [0.2, 0.25) is 10.0 Å². The second kappa shape index (κ2) is 6.22. The van der Waals surface area contributed by atoms with Crippen molar-refractivity contribution in [2.75, 3.05) is 19.6 Å². The summed E-state index contributed by atoms with van der Waals surface area (Å²) < 4.78 is 26.9. The van der Waals surface area contributed by atoms with Gasteiger partial charge in [-0.1, -0.05) is 24.6 Å². The van der Waals surface area contributed by atoms with E-state index < -0.39 is 10.0 Å². The van der Waals surface area contributed by atoms with Gasteiger partial charge in [0.1, 0.15) is 0 Å². The van der Waals surface area contributed by atoms with E-state index in [9.17, 15) is 8.42 Å². The molecule has 0 bridgehead atoms. The number of rotatable bonds is 4. The number of nitrogens with zero attached hydrogens (tertiary/aromatic N) is 1. The number of piperidine rings is 1. The Morgan fingerprint density at radius 3 is 2.84 bits per heavy atom. The largest absolute Gasteiger partial charge is 0.315 e. The molecule has 0 radical (unpaired) electrons. The molecule has 1 aromatic carbocycles. The van der Waals surface area contributed by atoms with Crippen LogP contribution in [0.5, 0.6) is 0 Å². The van der Waals surface area contributed by atoms with E-state index >= 15 is 0 Å². The Morgan fingerprint density at radius 2 is 2.26 bits per heavy atom. The van der Waals surface area contributed by atoms with E-state index in [1.54, 1.807) is 22.5 Å². The average Bonchev–Trinajstić information content (AvgIpc) is 2.40. The second-order valence-corrected chi connectivity index (χ2v) is 6.99. The molecule has 1 aromatic rings. The minimum absolute atomic E-state index is 0.0303. The average molecular weight is 303 g/mol. The third-order valence-corrected chi connectivity index (χ3v) is 5.65. The van der Waals surface area contributed by atoms with Crippen molar-refractivity contribution in [3.8, 4) is 0 Å². The smallest absolute Gasteiger partial charge is 0.243 e. The fraction of sp³-hybridized carbons (Fsp3) is 0.538. The van der Waals surface area contributed by atoms with Gasteiger partial charge in [-0.05, 0) is 37.6 Å². The normalized spacial score (nSPS) is 20.7. The van der Waals surface area contributed by atoms with Gasteiger partial charge in [-0.15, -0.1) is 0 Å². The molecule has 1 atom stereocenters. The molecule has 0 aromatic heterocycles. The van der Waals surface area contributed by atoms with Gasteiger partial charge in [-0.3, -0.25) is 0 Å². The van der Waals surface area contributed by atoms with Crippen molar-refractivity contribution in [1.82, 2.24) is 9.62 Å². The Labute approximate surface area is 119 Å². The minimum atomic E-state index is -3.46. The Morgan fingerprint density at radius 1 is 1.47 bits per heavy atom. The zero-order valence-corrected chi connectivity index (χ0v) is 12.5. The van der Waals surface area contributed by atoms with E-state index in [4.69, 9.17) is 11.6 Å². The zero-order chi connectivity index (χ0) is 13.9. The van der Waals surface area contributed by atoms with Gasteiger partial charge in [0.05, 0.1) is 4.90 Å². The molecule has 1 heterocycles. The molecule has 2 rings (SSSR count). The first kappa shape index (κ1) is 14.8. The maximum atomic E-state index is 12.7. The third kappa shape index (κ3) is 3.28. The lowest BCUT2D eigenvalue weighted by Crippen LogP contribution is -2.48. The van der Waals surface area contributed by atoms with Gasteiger partial charge < -0.3 is 5.32 Å². The van der Waals surface area contributed by atoms with Crippen LogP contribution in [-0.2, 0) is 10.0 Å². The topological polar surface area (TPSA) is 49.4 Å². The van der Waals surface area contributed by atoms with Crippen LogP contribution in [0, 0.1) is 0 Å². The maximum Gasteiger partial charge on any atom is 0.243 e. The van der Waals surface area contributed by atoms with Gasteiger partial charge >= 0.3 is 0 Å². The lowest BCUT2D eigenvalue weighted by atomic mass is 10.1.